The van der Waals surface area contributed by atoms with E-state index in [4.69, 9.17) is 5.73 Å². The lowest BCUT2D eigenvalue weighted by Gasteiger charge is -2.16. The maximum atomic E-state index is 15.5. The first-order valence-electron chi connectivity index (χ1n) is 8.51. The summed E-state index contributed by atoms with van der Waals surface area (Å²) in [6.07, 6.45) is 0. The molecule has 4 heteroatoms. The molecule has 0 atom stereocenters. The molecule has 1 aromatic heterocycles. The molecule has 4 aromatic rings. The summed E-state index contributed by atoms with van der Waals surface area (Å²) in [6, 6.07) is 24.1. The number of nitrogen functional groups attached to an aromatic ring is 1. The zero-order valence-corrected chi connectivity index (χ0v) is 14.4. The van der Waals surface area contributed by atoms with Crippen LogP contribution in [-0.2, 0) is 0 Å². The number of rotatable bonds is 3. The molecule has 0 aliphatic heterocycles. The molecule has 0 radical (unpaired) electrons. The number of aromatic nitrogens is 1. The molecule has 0 aliphatic rings. The van der Waals surface area contributed by atoms with Gasteiger partial charge in [0.15, 0.2) is 5.82 Å². The second-order valence-corrected chi connectivity index (χ2v) is 6.15. The number of benzene rings is 3. The Morgan fingerprint density at radius 3 is 1.70 bits per heavy atom. The predicted molar refractivity (Wildman–Crippen MR) is 105 cm³/mol. The van der Waals surface area contributed by atoms with Crippen LogP contribution in [0.15, 0.2) is 84.9 Å². The summed E-state index contributed by atoms with van der Waals surface area (Å²) in [5.41, 5.74) is 9.43. The molecule has 0 bridgehead atoms. The lowest BCUT2D eigenvalue weighted by molar-refractivity contribution is 0.627. The lowest BCUT2D eigenvalue weighted by atomic mass is 9.97. The fraction of sp³-hybridized carbons (Fsp3) is 0. The van der Waals surface area contributed by atoms with Gasteiger partial charge in [0, 0.05) is 16.7 Å². The van der Waals surface area contributed by atoms with Crippen molar-refractivity contribution in [3.05, 3.63) is 96.6 Å². The monoisotopic (exact) mass is 358 g/mol. The zero-order valence-electron chi connectivity index (χ0n) is 14.4. The topological polar surface area (TPSA) is 38.9 Å². The van der Waals surface area contributed by atoms with Gasteiger partial charge in [0.25, 0.3) is 0 Å². The van der Waals surface area contributed by atoms with Crippen LogP contribution < -0.4 is 5.73 Å². The number of nitrogens with zero attached hydrogens (tertiary/aromatic N) is 1. The van der Waals surface area contributed by atoms with Gasteiger partial charge in [-0.2, -0.15) is 0 Å². The molecule has 0 fully saturated rings. The summed E-state index contributed by atoms with van der Waals surface area (Å²) in [5, 5.41) is 0. The standard InChI is InChI=1S/C23H16F2N2/c24-18-13-11-17(12-14-18)23-21(26)19(15-7-3-1-4-8-15)20(25)22(27-23)16-9-5-2-6-10-16/h1-14H,26H2. The van der Waals surface area contributed by atoms with Crippen molar-refractivity contribution >= 4 is 5.69 Å². The Kier molecular flexibility index (Phi) is 4.38. The SMILES string of the molecule is Nc1c(-c2ccc(F)cc2)nc(-c2ccccc2)c(F)c1-c1ccccc1. The molecule has 0 spiro atoms. The van der Waals surface area contributed by atoms with E-state index in [1.54, 1.807) is 36.4 Å². The average molecular weight is 358 g/mol. The first-order chi connectivity index (χ1) is 13.1. The molecule has 0 saturated carbocycles. The molecule has 27 heavy (non-hydrogen) atoms. The highest BCUT2D eigenvalue weighted by Gasteiger charge is 2.21. The van der Waals surface area contributed by atoms with Crippen LogP contribution in [0.5, 0.6) is 0 Å². The average Bonchev–Trinajstić information content (AvgIpc) is 2.71. The van der Waals surface area contributed by atoms with Crippen molar-refractivity contribution in [2.45, 2.75) is 0 Å². The summed E-state index contributed by atoms with van der Waals surface area (Å²) < 4.78 is 28.8. The molecule has 132 valence electrons. The second kappa shape index (κ2) is 7.00. The highest BCUT2D eigenvalue weighted by molar-refractivity contribution is 5.90. The van der Waals surface area contributed by atoms with Crippen molar-refractivity contribution < 1.29 is 8.78 Å². The lowest BCUT2D eigenvalue weighted by Crippen LogP contribution is -2.03. The smallest absolute Gasteiger partial charge is 0.159 e. The van der Waals surface area contributed by atoms with Crippen molar-refractivity contribution in [1.82, 2.24) is 4.98 Å². The maximum absolute atomic E-state index is 15.5. The molecule has 2 nitrogen and oxygen atoms in total. The first kappa shape index (κ1) is 16.9. The van der Waals surface area contributed by atoms with Crippen LogP contribution in [0.4, 0.5) is 14.5 Å². The van der Waals surface area contributed by atoms with Crippen LogP contribution in [-0.4, -0.2) is 4.98 Å². The van der Waals surface area contributed by atoms with Crippen LogP contribution >= 0.6 is 0 Å². The number of hydrogen-bond donors (Lipinski definition) is 1. The van der Waals surface area contributed by atoms with Gasteiger partial charge in [-0.1, -0.05) is 60.7 Å². The number of anilines is 1. The first-order valence-corrected chi connectivity index (χ1v) is 8.51. The largest absolute Gasteiger partial charge is 0.396 e. The second-order valence-electron chi connectivity index (χ2n) is 6.15. The Morgan fingerprint density at radius 1 is 0.593 bits per heavy atom. The maximum Gasteiger partial charge on any atom is 0.159 e. The molecular weight excluding hydrogens is 342 g/mol. The van der Waals surface area contributed by atoms with E-state index in [2.05, 4.69) is 4.98 Å². The van der Waals surface area contributed by atoms with Gasteiger partial charge in [-0.3, -0.25) is 0 Å². The summed E-state index contributed by atoms with van der Waals surface area (Å²) in [4.78, 5) is 4.51. The fourth-order valence-corrected chi connectivity index (χ4v) is 3.08. The molecule has 0 saturated heterocycles. The summed E-state index contributed by atoms with van der Waals surface area (Å²) in [5.74, 6) is -0.832. The van der Waals surface area contributed by atoms with Crippen LogP contribution in [0.25, 0.3) is 33.6 Å². The van der Waals surface area contributed by atoms with Crippen LogP contribution in [0.1, 0.15) is 0 Å². The van der Waals surface area contributed by atoms with E-state index in [1.807, 2.05) is 36.4 Å². The zero-order chi connectivity index (χ0) is 18.8. The third-order valence-corrected chi connectivity index (χ3v) is 4.40. The highest BCUT2D eigenvalue weighted by atomic mass is 19.1. The van der Waals surface area contributed by atoms with Crippen LogP contribution in [0.2, 0.25) is 0 Å². The Balaban J connectivity index is 2.03. The molecular formula is C23H16F2N2. The molecule has 4 rings (SSSR count). The molecule has 0 aliphatic carbocycles. The van der Waals surface area contributed by atoms with Crippen molar-refractivity contribution in [1.29, 1.82) is 0 Å². The summed E-state index contributed by atoms with van der Waals surface area (Å²) in [7, 11) is 0. The van der Waals surface area contributed by atoms with Gasteiger partial charge < -0.3 is 5.73 Å². The van der Waals surface area contributed by atoms with Gasteiger partial charge in [-0.05, 0) is 29.8 Å². The summed E-state index contributed by atoms with van der Waals surface area (Å²) >= 11 is 0. The van der Waals surface area contributed by atoms with E-state index in [1.165, 1.54) is 12.1 Å². The molecule has 2 N–H and O–H groups in total. The molecule has 1 heterocycles. The van der Waals surface area contributed by atoms with E-state index in [-0.39, 0.29) is 17.2 Å². The van der Waals surface area contributed by atoms with E-state index in [9.17, 15) is 4.39 Å². The van der Waals surface area contributed by atoms with Gasteiger partial charge >= 0.3 is 0 Å². The molecule has 0 unspecified atom stereocenters. The Hall–Kier alpha value is -3.53. The third-order valence-electron chi connectivity index (χ3n) is 4.40. The molecule has 0 amide bonds. The van der Waals surface area contributed by atoms with Crippen LogP contribution in [0.3, 0.4) is 0 Å². The van der Waals surface area contributed by atoms with Gasteiger partial charge in [0.1, 0.15) is 11.5 Å². The van der Waals surface area contributed by atoms with Gasteiger partial charge in [-0.15, -0.1) is 0 Å². The van der Waals surface area contributed by atoms with Gasteiger partial charge in [0.2, 0.25) is 0 Å². The Morgan fingerprint density at radius 2 is 1.11 bits per heavy atom. The van der Waals surface area contributed by atoms with Crippen molar-refractivity contribution in [3.63, 3.8) is 0 Å². The van der Waals surface area contributed by atoms with E-state index in [0.717, 1.165) is 0 Å². The van der Waals surface area contributed by atoms with E-state index >= 15 is 4.39 Å². The van der Waals surface area contributed by atoms with Crippen molar-refractivity contribution in [2.24, 2.45) is 0 Å². The predicted octanol–water partition coefficient (Wildman–Crippen LogP) is 5.94. The minimum absolute atomic E-state index is 0.211. The van der Waals surface area contributed by atoms with Crippen LogP contribution in [0, 0.1) is 11.6 Å². The van der Waals surface area contributed by atoms with E-state index < -0.39 is 5.82 Å². The minimum Gasteiger partial charge on any atom is -0.396 e. The third kappa shape index (κ3) is 3.17. The van der Waals surface area contributed by atoms with Gasteiger partial charge in [-0.25, -0.2) is 13.8 Å². The number of halogens is 2. The van der Waals surface area contributed by atoms with Crippen molar-refractivity contribution in [3.8, 4) is 33.6 Å². The fourth-order valence-electron chi connectivity index (χ4n) is 3.08. The minimum atomic E-state index is -0.476. The summed E-state index contributed by atoms with van der Waals surface area (Å²) in [6.45, 7) is 0. The van der Waals surface area contributed by atoms with Crippen molar-refractivity contribution in [2.75, 3.05) is 5.73 Å². The van der Waals surface area contributed by atoms with Gasteiger partial charge in [0.05, 0.1) is 11.4 Å². The number of pyridine rings is 1. The number of hydrogen-bond acceptors (Lipinski definition) is 2. The molecule has 3 aromatic carbocycles. The normalized spacial score (nSPS) is 10.7. The quantitative estimate of drug-likeness (QED) is 0.492. The Bertz CT molecular complexity index is 1080. The highest BCUT2D eigenvalue weighted by Crippen LogP contribution is 2.39. The Labute approximate surface area is 155 Å². The number of nitrogens with two attached hydrogens (primary N) is 1. The van der Waals surface area contributed by atoms with E-state index in [0.29, 0.717) is 27.9 Å².